The van der Waals surface area contributed by atoms with E-state index in [1.807, 2.05) is 0 Å². The third-order valence-corrected chi connectivity index (χ3v) is 4.68. The number of nitrogens with zero attached hydrogens (tertiary/aromatic N) is 4. The number of alkyl halides is 3. The number of rotatable bonds is 7. The number of nitrogens with two attached hydrogens (primary N) is 2. The van der Waals surface area contributed by atoms with Crippen LogP contribution >= 0.6 is 11.3 Å². The first kappa shape index (κ1) is 19.6. The standard InChI is InChI=1S/C15H16F3N9S/c16-15(17,18)7-27-6-8(3-24-27)11-5-23-14(26-21)13(25-11)22-4-9-1-10(20)12(2-19)28-9/h1-3,5-6,19H,4,7,20-21H2,(H,22,25)(H,23,26). The van der Waals surface area contributed by atoms with Crippen molar-refractivity contribution in [1.82, 2.24) is 19.7 Å². The first-order chi connectivity index (χ1) is 13.3. The van der Waals surface area contributed by atoms with Crippen molar-refractivity contribution in [1.29, 1.82) is 5.41 Å². The van der Waals surface area contributed by atoms with E-state index in [1.54, 1.807) is 6.07 Å². The summed E-state index contributed by atoms with van der Waals surface area (Å²) in [5.41, 5.74) is 9.44. The zero-order valence-electron chi connectivity index (χ0n) is 14.3. The number of thiophene rings is 1. The zero-order chi connectivity index (χ0) is 20.3. The highest BCUT2D eigenvalue weighted by Crippen LogP contribution is 2.26. The smallest absolute Gasteiger partial charge is 0.398 e. The SMILES string of the molecule is N=Cc1sc(CNc2nc(-c3cnn(CC(F)(F)F)c3)cnc2NN)cc1N. The van der Waals surface area contributed by atoms with Gasteiger partial charge in [0.2, 0.25) is 0 Å². The topological polar surface area (TPSA) is 144 Å². The van der Waals surface area contributed by atoms with Gasteiger partial charge >= 0.3 is 6.18 Å². The van der Waals surface area contributed by atoms with Crippen LogP contribution < -0.4 is 22.3 Å². The summed E-state index contributed by atoms with van der Waals surface area (Å²) in [6.07, 6.45) is 0.715. The summed E-state index contributed by atoms with van der Waals surface area (Å²) in [6.45, 7) is -0.841. The van der Waals surface area contributed by atoms with E-state index in [2.05, 4.69) is 25.8 Å². The number of nitrogen functional groups attached to an aromatic ring is 2. The van der Waals surface area contributed by atoms with Crippen molar-refractivity contribution in [3.63, 3.8) is 0 Å². The molecule has 0 amide bonds. The zero-order valence-corrected chi connectivity index (χ0v) is 15.1. The fraction of sp³-hybridized carbons (Fsp3) is 0.200. The van der Waals surface area contributed by atoms with E-state index in [4.69, 9.17) is 17.0 Å². The summed E-state index contributed by atoms with van der Waals surface area (Å²) in [4.78, 5) is 10.0. The maximum absolute atomic E-state index is 12.5. The van der Waals surface area contributed by atoms with Gasteiger partial charge in [-0.25, -0.2) is 15.8 Å². The van der Waals surface area contributed by atoms with Crippen LogP contribution in [0.3, 0.4) is 0 Å². The highest BCUT2D eigenvalue weighted by atomic mass is 32.1. The minimum absolute atomic E-state index is 0.267. The molecular weight excluding hydrogens is 395 g/mol. The van der Waals surface area contributed by atoms with Crippen LogP contribution in [-0.2, 0) is 13.1 Å². The van der Waals surface area contributed by atoms with Crippen LogP contribution in [0.4, 0.5) is 30.5 Å². The molecule has 0 bridgehead atoms. The van der Waals surface area contributed by atoms with Crippen LogP contribution in [0, 0.1) is 5.41 Å². The molecule has 0 saturated carbocycles. The van der Waals surface area contributed by atoms with Gasteiger partial charge in [-0.3, -0.25) is 4.68 Å². The van der Waals surface area contributed by atoms with Gasteiger partial charge in [-0.15, -0.1) is 11.3 Å². The van der Waals surface area contributed by atoms with Crippen LogP contribution in [0.5, 0.6) is 0 Å². The maximum atomic E-state index is 12.5. The van der Waals surface area contributed by atoms with Crippen LogP contribution in [0.2, 0.25) is 0 Å². The second-order valence-corrected chi connectivity index (χ2v) is 6.84. The highest BCUT2D eigenvalue weighted by molar-refractivity contribution is 7.14. The third-order valence-electron chi connectivity index (χ3n) is 3.58. The molecule has 0 aliphatic heterocycles. The van der Waals surface area contributed by atoms with Crippen LogP contribution in [0.15, 0.2) is 24.7 Å². The first-order valence-electron chi connectivity index (χ1n) is 7.85. The molecule has 13 heteroatoms. The lowest BCUT2D eigenvalue weighted by Gasteiger charge is -2.10. The number of halogens is 3. The molecule has 9 nitrogen and oxygen atoms in total. The van der Waals surface area contributed by atoms with Crippen molar-refractivity contribution in [3.8, 4) is 11.3 Å². The number of hydrogen-bond acceptors (Lipinski definition) is 9. The van der Waals surface area contributed by atoms with Crippen molar-refractivity contribution in [2.75, 3.05) is 16.5 Å². The quantitative estimate of drug-likeness (QED) is 0.228. The molecule has 3 aromatic rings. The fourth-order valence-corrected chi connectivity index (χ4v) is 3.22. The lowest BCUT2D eigenvalue weighted by atomic mass is 10.2. The van der Waals surface area contributed by atoms with Crippen molar-refractivity contribution >= 4 is 34.9 Å². The molecule has 0 atom stereocenters. The summed E-state index contributed by atoms with van der Waals surface area (Å²) in [5, 5.41) is 14.1. The van der Waals surface area contributed by atoms with Gasteiger partial charge in [0.1, 0.15) is 6.54 Å². The monoisotopic (exact) mass is 411 g/mol. The normalized spacial score (nSPS) is 11.4. The molecule has 7 N–H and O–H groups in total. The van der Waals surface area contributed by atoms with Crippen LogP contribution in [0.1, 0.15) is 9.75 Å². The summed E-state index contributed by atoms with van der Waals surface area (Å²) >= 11 is 1.35. The van der Waals surface area contributed by atoms with E-state index in [0.717, 1.165) is 9.56 Å². The van der Waals surface area contributed by atoms with Gasteiger partial charge in [0, 0.05) is 22.9 Å². The Hall–Kier alpha value is -3.19. The molecule has 0 aliphatic carbocycles. The molecule has 0 aromatic carbocycles. The Kier molecular flexibility index (Phi) is 5.46. The third kappa shape index (κ3) is 4.55. The minimum Gasteiger partial charge on any atom is -0.398 e. The Morgan fingerprint density at radius 2 is 2.07 bits per heavy atom. The van der Waals surface area contributed by atoms with E-state index in [0.29, 0.717) is 34.2 Å². The average molecular weight is 411 g/mol. The second kappa shape index (κ2) is 7.82. The largest absolute Gasteiger partial charge is 0.408 e. The Morgan fingerprint density at radius 1 is 1.29 bits per heavy atom. The number of nitrogens with one attached hydrogen (secondary N) is 3. The Bertz CT molecular complexity index is 980. The van der Waals surface area contributed by atoms with E-state index in [-0.39, 0.29) is 5.82 Å². The van der Waals surface area contributed by atoms with Crippen molar-refractivity contribution < 1.29 is 13.2 Å². The van der Waals surface area contributed by atoms with Gasteiger partial charge in [-0.05, 0) is 6.07 Å². The van der Waals surface area contributed by atoms with Crippen molar-refractivity contribution in [2.24, 2.45) is 5.84 Å². The van der Waals surface area contributed by atoms with Crippen molar-refractivity contribution in [3.05, 3.63) is 34.4 Å². The summed E-state index contributed by atoms with van der Waals surface area (Å²) < 4.78 is 38.3. The predicted octanol–water partition coefficient (Wildman–Crippen LogP) is 2.44. The van der Waals surface area contributed by atoms with Gasteiger partial charge in [0.05, 0.1) is 35.2 Å². The summed E-state index contributed by atoms with van der Waals surface area (Å²) in [7, 11) is 0. The summed E-state index contributed by atoms with van der Waals surface area (Å²) in [6, 6.07) is 1.74. The molecule has 148 valence electrons. The molecular formula is C15H16F3N9S. The number of hydrazine groups is 1. The van der Waals surface area contributed by atoms with Gasteiger partial charge in [-0.1, -0.05) is 0 Å². The van der Waals surface area contributed by atoms with Crippen molar-refractivity contribution in [2.45, 2.75) is 19.3 Å². The second-order valence-electron chi connectivity index (χ2n) is 5.67. The molecule has 28 heavy (non-hydrogen) atoms. The molecule has 3 heterocycles. The van der Waals surface area contributed by atoms with E-state index in [9.17, 15) is 13.2 Å². The van der Waals surface area contributed by atoms with E-state index >= 15 is 0 Å². The minimum atomic E-state index is -4.37. The van der Waals surface area contributed by atoms with Gasteiger partial charge in [0.25, 0.3) is 0 Å². The molecule has 0 aliphatic rings. The lowest BCUT2D eigenvalue weighted by molar-refractivity contribution is -0.142. The van der Waals surface area contributed by atoms with Gasteiger partial charge < -0.3 is 21.9 Å². The molecule has 0 saturated heterocycles. The molecule has 0 fully saturated rings. The Balaban J connectivity index is 1.80. The van der Waals surface area contributed by atoms with E-state index in [1.165, 1.54) is 36.1 Å². The first-order valence-corrected chi connectivity index (χ1v) is 8.66. The molecule has 0 radical (unpaired) electrons. The average Bonchev–Trinajstić information content (AvgIpc) is 3.24. The van der Waals surface area contributed by atoms with Gasteiger partial charge in [0.15, 0.2) is 11.6 Å². The Labute approximate surface area is 161 Å². The Morgan fingerprint density at radius 3 is 2.71 bits per heavy atom. The lowest BCUT2D eigenvalue weighted by Crippen LogP contribution is -2.17. The number of anilines is 3. The molecule has 0 unspecified atom stereocenters. The maximum Gasteiger partial charge on any atom is 0.408 e. The highest BCUT2D eigenvalue weighted by Gasteiger charge is 2.28. The van der Waals surface area contributed by atoms with Crippen LogP contribution in [0.25, 0.3) is 11.3 Å². The molecule has 3 rings (SSSR count). The van der Waals surface area contributed by atoms with Crippen LogP contribution in [-0.4, -0.2) is 32.1 Å². The number of hydrogen-bond donors (Lipinski definition) is 5. The summed E-state index contributed by atoms with van der Waals surface area (Å²) in [5.74, 6) is 6.03. The molecule has 0 spiro atoms. The van der Waals surface area contributed by atoms with E-state index < -0.39 is 12.7 Å². The fourth-order valence-electron chi connectivity index (χ4n) is 2.37. The number of aromatic nitrogens is 4. The molecule has 3 aromatic heterocycles. The predicted molar refractivity (Wildman–Crippen MR) is 101 cm³/mol. The van der Waals surface area contributed by atoms with Gasteiger partial charge in [-0.2, -0.15) is 18.3 Å².